The number of nitrogens with two attached hydrogens (primary N) is 1. The minimum absolute atomic E-state index is 0.0681. The number of aromatic nitrogens is 1. The van der Waals surface area contributed by atoms with Crippen LogP contribution in [0.4, 0.5) is 0 Å². The fourth-order valence-corrected chi connectivity index (χ4v) is 2.86. The third-order valence-corrected chi connectivity index (χ3v) is 3.83. The molecule has 1 aromatic heterocycles. The molecule has 2 N–H and O–H groups in total. The van der Waals surface area contributed by atoms with Crippen LogP contribution >= 0.6 is 11.6 Å². The van der Waals surface area contributed by atoms with Gasteiger partial charge in [-0.25, -0.2) is 0 Å². The van der Waals surface area contributed by atoms with E-state index in [-0.39, 0.29) is 6.04 Å². The van der Waals surface area contributed by atoms with Crippen molar-refractivity contribution < 1.29 is 0 Å². The van der Waals surface area contributed by atoms with Crippen LogP contribution in [0.5, 0.6) is 0 Å². The largest absolute Gasteiger partial charge is 0.324 e. The molecule has 0 bridgehead atoms. The first-order chi connectivity index (χ1) is 7.77. The first kappa shape index (κ1) is 11.9. The van der Waals surface area contributed by atoms with Crippen molar-refractivity contribution in [2.24, 2.45) is 11.7 Å². The van der Waals surface area contributed by atoms with Crippen molar-refractivity contribution >= 4 is 11.6 Å². The zero-order valence-corrected chi connectivity index (χ0v) is 10.3. The van der Waals surface area contributed by atoms with Crippen LogP contribution in [0.15, 0.2) is 18.5 Å². The SMILES string of the molecule is NC(CC1CCCCC1)c1ccncc1Cl. The lowest BCUT2D eigenvalue weighted by molar-refractivity contribution is 0.319. The first-order valence-electron chi connectivity index (χ1n) is 6.12. The number of nitrogens with zero attached hydrogens (tertiary/aromatic N) is 1. The molecule has 88 valence electrons. The second kappa shape index (κ2) is 5.65. The third kappa shape index (κ3) is 2.96. The van der Waals surface area contributed by atoms with Gasteiger partial charge in [-0.3, -0.25) is 4.98 Å². The minimum atomic E-state index is 0.0681. The molecule has 1 heterocycles. The highest BCUT2D eigenvalue weighted by Gasteiger charge is 2.18. The van der Waals surface area contributed by atoms with E-state index < -0.39 is 0 Å². The summed E-state index contributed by atoms with van der Waals surface area (Å²) in [6, 6.07) is 2.01. The van der Waals surface area contributed by atoms with Gasteiger partial charge in [-0.05, 0) is 24.0 Å². The topological polar surface area (TPSA) is 38.9 Å². The molecule has 2 rings (SSSR count). The second-order valence-corrected chi connectivity index (χ2v) is 5.15. The van der Waals surface area contributed by atoms with Crippen molar-refractivity contribution in [1.82, 2.24) is 4.98 Å². The van der Waals surface area contributed by atoms with Crippen LogP contribution in [0.1, 0.15) is 50.1 Å². The van der Waals surface area contributed by atoms with Gasteiger partial charge in [-0.2, -0.15) is 0 Å². The number of halogens is 1. The lowest BCUT2D eigenvalue weighted by atomic mass is 9.84. The Morgan fingerprint density at radius 3 is 2.81 bits per heavy atom. The highest BCUT2D eigenvalue weighted by molar-refractivity contribution is 6.31. The summed E-state index contributed by atoms with van der Waals surface area (Å²) in [6.07, 6.45) is 11.3. The van der Waals surface area contributed by atoms with Gasteiger partial charge in [0.2, 0.25) is 0 Å². The Kier molecular flexibility index (Phi) is 4.19. The van der Waals surface area contributed by atoms with Crippen LogP contribution in [0.25, 0.3) is 0 Å². The monoisotopic (exact) mass is 238 g/mol. The van der Waals surface area contributed by atoms with Crippen molar-refractivity contribution in [1.29, 1.82) is 0 Å². The van der Waals surface area contributed by atoms with E-state index in [1.807, 2.05) is 6.07 Å². The Balaban J connectivity index is 1.96. The predicted octanol–water partition coefficient (Wildman–Crippen LogP) is 3.71. The van der Waals surface area contributed by atoms with Gasteiger partial charge in [-0.15, -0.1) is 0 Å². The van der Waals surface area contributed by atoms with Crippen LogP contribution in [-0.4, -0.2) is 4.98 Å². The van der Waals surface area contributed by atoms with E-state index in [2.05, 4.69) is 4.98 Å². The van der Waals surface area contributed by atoms with Gasteiger partial charge in [0.25, 0.3) is 0 Å². The Morgan fingerprint density at radius 2 is 2.12 bits per heavy atom. The molecule has 3 heteroatoms. The Hall–Kier alpha value is -0.600. The summed E-state index contributed by atoms with van der Waals surface area (Å²) in [5, 5.41) is 0.700. The molecule has 0 amide bonds. The molecule has 1 aromatic rings. The summed E-state index contributed by atoms with van der Waals surface area (Å²) in [7, 11) is 0. The summed E-state index contributed by atoms with van der Waals surface area (Å²) in [5.41, 5.74) is 7.26. The molecule has 1 saturated carbocycles. The lowest BCUT2D eigenvalue weighted by Gasteiger charge is -2.25. The molecular weight excluding hydrogens is 220 g/mol. The van der Waals surface area contributed by atoms with Crippen molar-refractivity contribution in [3.8, 4) is 0 Å². The zero-order valence-electron chi connectivity index (χ0n) is 9.53. The highest BCUT2D eigenvalue weighted by atomic mass is 35.5. The van der Waals surface area contributed by atoms with Crippen LogP contribution in [-0.2, 0) is 0 Å². The average Bonchev–Trinajstić information content (AvgIpc) is 2.31. The lowest BCUT2D eigenvalue weighted by Crippen LogP contribution is -2.17. The molecule has 1 fully saturated rings. The molecule has 16 heavy (non-hydrogen) atoms. The number of hydrogen-bond donors (Lipinski definition) is 1. The molecule has 0 aliphatic heterocycles. The first-order valence-corrected chi connectivity index (χ1v) is 6.50. The van der Waals surface area contributed by atoms with Crippen LogP contribution < -0.4 is 5.73 Å². The zero-order chi connectivity index (χ0) is 11.4. The fraction of sp³-hybridized carbons (Fsp3) is 0.615. The van der Waals surface area contributed by atoms with Gasteiger partial charge in [0.1, 0.15) is 0 Å². The molecule has 0 aromatic carbocycles. The summed E-state index contributed by atoms with van der Waals surface area (Å²) in [4.78, 5) is 3.99. The molecule has 2 nitrogen and oxygen atoms in total. The maximum absolute atomic E-state index is 6.21. The van der Waals surface area contributed by atoms with E-state index in [1.165, 1.54) is 32.1 Å². The Bertz CT molecular complexity index is 334. The third-order valence-electron chi connectivity index (χ3n) is 3.52. The van der Waals surface area contributed by atoms with Gasteiger partial charge >= 0.3 is 0 Å². The van der Waals surface area contributed by atoms with Gasteiger partial charge in [0.15, 0.2) is 0 Å². The van der Waals surface area contributed by atoms with Crippen molar-refractivity contribution in [3.63, 3.8) is 0 Å². The maximum Gasteiger partial charge on any atom is 0.0637 e. The van der Waals surface area contributed by atoms with Gasteiger partial charge < -0.3 is 5.73 Å². The molecule has 0 radical (unpaired) electrons. The standard InChI is InChI=1S/C13H19ClN2/c14-12-9-16-7-6-11(12)13(15)8-10-4-2-1-3-5-10/h6-7,9-10,13H,1-5,8,15H2. The Labute approximate surface area is 102 Å². The maximum atomic E-state index is 6.21. The normalized spacial score (nSPS) is 19.6. The highest BCUT2D eigenvalue weighted by Crippen LogP contribution is 2.32. The molecule has 0 saturated heterocycles. The summed E-state index contributed by atoms with van der Waals surface area (Å²) >= 11 is 6.09. The van der Waals surface area contributed by atoms with Crippen LogP contribution in [0.3, 0.4) is 0 Å². The van der Waals surface area contributed by atoms with E-state index in [9.17, 15) is 0 Å². The van der Waals surface area contributed by atoms with Gasteiger partial charge in [-0.1, -0.05) is 43.7 Å². The molecule has 1 atom stereocenters. The molecule has 0 spiro atoms. The Morgan fingerprint density at radius 1 is 1.38 bits per heavy atom. The summed E-state index contributed by atoms with van der Waals surface area (Å²) < 4.78 is 0. The van der Waals surface area contributed by atoms with Crippen molar-refractivity contribution in [3.05, 3.63) is 29.0 Å². The summed E-state index contributed by atoms with van der Waals surface area (Å²) in [6.45, 7) is 0. The van der Waals surface area contributed by atoms with Gasteiger partial charge in [0.05, 0.1) is 5.02 Å². The van der Waals surface area contributed by atoms with Crippen molar-refractivity contribution in [2.75, 3.05) is 0 Å². The smallest absolute Gasteiger partial charge is 0.0637 e. The van der Waals surface area contributed by atoms with E-state index in [1.54, 1.807) is 12.4 Å². The number of hydrogen-bond acceptors (Lipinski definition) is 2. The number of rotatable bonds is 3. The van der Waals surface area contributed by atoms with Crippen LogP contribution in [0.2, 0.25) is 5.02 Å². The molecule has 1 aliphatic rings. The van der Waals surface area contributed by atoms with E-state index >= 15 is 0 Å². The van der Waals surface area contributed by atoms with Gasteiger partial charge in [0, 0.05) is 18.4 Å². The average molecular weight is 239 g/mol. The van der Waals surface area contributed by atoms with E-state index in [4.69, 9.17) is 17.3 Å². The van der Waals surface area contributed by atoms with E-state index in [0.717, 1.165) is 17.9 Å². The van der Waals surface area contributed by atoms with E-state index in [0.29, 0.717) is 5.02 Å². The predicted molar refractivity (Wildman–Crippen MR) is 67.4 cm³/mol. The molecule has 1 aliphatic carbocycles. The quantitative estimate of drug-likeness (QED) is 0.872. The van der Waals surface area contributed by atoms with Crippen molar-refractivity contribution in [2.45, 2.75) is 44.6 Å². The number of pyridine rings is 1. The van der Waals surface area contributed by atoms with Crippen LogP contribution in [0, 0.1) is 5.92 Å². The summed E-state index contributed by atoms with van der Waals surface area (Å²) in [5.74, 6) is 0.785. The fourth-order valence-electron chi connectivity index (χ4n) is 2.60. The minimum Gasteiger partial charge on any atom is -0.324 e. The molecule has 1 unspecified atom stereocenters. The molecular formula is C13H19ClN2. The second-order valence-electron chi connectivity index (χ2n) is 4.74.